The van der Waals surface area contributed by atoms with E-state index in [4.69, 9.17) is 10.5 Å². The maximum atomic E-state index is 6.03. The number of hydrogen-bond acceptors (Lipinski definition) is 2. The van der Waals surface area contributed by atoms with Gasteiger partial charge in [-0.05, 0) is 23.5 Å². The van der Waals surface area contributed by atoms with Crippen LogP contribution in [0.2, 0.25) is 0 Å². The molecule has 1 aromatic rings. The maximum Gasteiger partial charge on any atom is 0.0480 e. The van der Waals surface area contributed by atoms with Gasteiger partial charge in [0, 0.05) is 19.8 Å². The van der Waals surface area contributed by atoms with Gasteiger partial charge >= 0.3 is 0 Å². The van der Waals surface area contributed by atoms with Crippen molar-refractivity contribution in [3.63, 3.8) is 0 Å². The van der Waals surface area contributed by atoms with Crippen molar-refractivity contribution < 1.29 is 4.74 Å². The molecule has 0 saturated heterocycles. The average Bonchev–Trinajstić information content (AvgIpc) is 2.26. The van der Waals surface area contributed by atoms with Gasteiger partial charge in [-0.2, -0.15) is 0 Å². The van der Waals surface area contributed by atoms with Gasteiger partial charge in [-0.25, -0.2) is 0 Å². The molecule has 0 heterocycles. The molecule has 84 valence electrons. The minimum atomic E-state index is 0.0890. The third kappa shape index (κ3) is 3.65. The second kappa shape index (κ2) is 5.89. The van der Waals surface area contributed by atoms with Crippen LogP contribution in [0.3, 0.4) is 0 Å². The summed E-state index contributed by atoms with van der Waals surface area (Å²) < 4.78 is 5.02. The van der Waals surface area contributed by atoms with Crippen LogP contribution in [0.4, 0.5) is 0 Å². The Balaban J connectivity index is 2.62. The van der Waals surface area contributed by atoms with Crippen LogP contribution in [0.15, 0.2) is 24.3 Å². The molecule has 0 saturated carbocycles. The van der Waals surface area contributed by atoms with Crippen LogP contribution in [0.25, 0.3) is 0 Å². The molecular weight excluding hydrogens is 186 g/mol. The Morgan fingerprint density at radius 2 is 1.67 bits per heavy atom. The zero-order valence-corrected chi connectivity index (χ0v) is 9.86. The monoisotopic (exact) mass is 207 g/mol. The summed E-state index contributed by atoms with van der Waals surface area (Å²) in [5.41, 5.74) is 8.58. The van der Waals surface area contributed by atoms with Crippen molar-refractivity contribution in [2.75, 3.05) is 13.7 Å². The fourth-order valence-corrected chi connectivity index (χ4v) is 1.54. The molecule has 0 aliphatic carbocycles. The van der Waals surface area contributed by atoms with Crippen molar-refractivity contribution in [3.8, 4) is 0 Å². The molecule has 1 unspecified atom stereocenters. The molecule has 0 radical (unpaired) electrons. The molecule has 0 aliphatic rings. The Kier molecular flexibility index (Phi) is 4.79. The Bertz CT molecular complexity index is 279. The van der Waals surface area contributed by atoms with Gasteiger partial charge in [0.05, 0.1) is 0 Å². The number of ether oxygens (including phenoxy) is 1. The molecule has 1 rings (SSSR count). The van der Waals surface area contributed by atoms with Crippen LogP contribution in [-0.2, 0) is 4.74 Å². The van der Waals surface area contributed by atoms with E-state index in [-0.39, 0.29) is 6.04 Å². The zero-order chi connectivity index (χ0) is 11.3. The smallest absolute Gasteiger partial charge is 0.0480 e. The largest absolute Gasteiger partial charge is 0.385 e. The molecule has 1 atom stereocenters. The number of rotatable bonds is 5. The molecule has 0 bridgehead atoms. The molecule has 0 amide bonds. The molecule has 2 heteroatoms. The normalized spacial score (nSPS) is 13.1. The quantitative estimate of drug-likeness (QED) is 0.805. The Morgan fingerprint density at radius 3 is 2.13 bits per heavy atom. The summed E-state index contributed by atoms with van der Waals surface area (Å²) in [6, 6.07) is 8.65. The van der Waals surface area contributed by atoms with Crippen LogP contribution in [0.5, 0.6) is 0 Å². The van der Waals surface area contributed by atoms with Gasteiger partial charge in [0.1, 0.15) is 0 Å². The van der Waals surface area contributed by atoms with Gasteiger partial charge < -0.3 is 10.5 Å². The number of methoxy groups -OCH3 is 1. The first-order chi connectivity index (χ1) is 7.15. The van der Waals surface area contributed by atoms with Crippen LogP contribution < -0.4 is 5.73 Å². The first kappa shape index (κ1) is 12.2. The van der Waals surface area contributed by atoms with Crippen molar-refractivity contribution in [1.29, 1.82) is 0 Å². The highest BCUT2D eigenvalue weighted by molar-refractivity contribution is 5.26. The van der Waals surface area contributed by atoms with Gasteiger partial charge in [0.25, 0.3) is 0 Å². The van der Waals surface area contributed by atoms with Crippen LogP contribution in [0, 0.1) is 0 Å². The van der Waals surface area contributed by atoms with E-state index in [0.29, 0.717) is 12.5 Å². The van der Waals surface area contributed by atoms with E-state index in [1.54, 1.807) is 7.11 Å². The highest BCUT2D eigenvalue weighted by Gasteiger charge is 2.06. The Labute approximate surface area is 92.4 Å². The fourth-order valence-electron chi connectivity index (χ4n) is 1.54. The minimum absolute atomic E-state index is 0.0890. The van der Waals surface area contributed by atoms with E-state index >= 15 is 0 Å². The molecule has 0 fully saturated rings. The van der Waals surface area contributed by atoms with Crippen molar-refractivity contribution in [2.45, 2.75) is 32.2 Å². The summed E-state index contributed by atoms with van der Waals surface area (Å²) in [7, 11) is 1.70. The topological polar surface area (TPSA) is 35.2 Å². The van der Waals surface area contributed by atoms with Crippen LogP contribution in [0.1, 0.15) is 43.4 Å². The van der Waals surface area contributed by atoms with Gasteiger partial charge in [-0.15, -0.1) is 0 Å². The first-order valence-corrected chi connectivity index (χ1v) is 5.49. The summed E-state index contributed by atoms with van der Waals surface area (Å²) in [4.78, 5) is 0. The first-order valence-electron chi connectivity index (χ1n) is 5.49. The summed E-state index contributed by atoms with van der Waals surface area (Å²) in [5, 5.41) is 0. The third-order valence-corrected chi connectivity index (χ3v) is 2.66. The van der Waals surface area contributed by atoms with Crippen molar-refractivity contribution >= 4 is 0 Å². The van der Waals surface area contributed by atoms with Crippen molar-refractivity contribution in [3.05, 3.63) is 35.4 Å². The van der Waals surface area contributed by atoms with E-state index in [2.05, 4.69) is 38.1 Å². The lowest BCUT2D eigenvalue weighted by atomic mass is 9.98. The molecule has 2 nitrogen and oxygen atoms in total. The predicted octanol–water partition coefficient (Wildman–Crippen LogP) is 2.85. The fraction of sp³-hybridized carbons (Fsp3) is 0.538. The van der Waals surface area contributed by atoms with Crippen LogP contribution in [-0.4, -0.2) is 13.7 Å². The van der Waals surface area contributed by atoms with E-state index in [1.165, 1.54) is 11.1 Å². The lowest BCUT2D eigenvalue weighted by Gasteiger charge is -2.13. The number of hydrogen-bond donors (Lipinski definition) is 1. The van der Waals surface area contributed by atoms with E-state index in [9.17, 15) is 0 Å². The SMILES string of the molecule is COCCC(N)c1ccc(C(C)C)cc1. The van der Waals surface area contributed by atoms with E-state index in [1.807, 2.05) is 0 Å². The third-order valence-electron chi connectivity index (χ3n) is 2.66. The summed E-state index contributed by atoms with van der Waals surface area (Å²) >= 11 is 0. The summed E-state index contributed by atoms with van der Waals surface area (Å²) in [6.07, 6.45) is 0.873. The second-order valence-electron chi connectivity index (χ2n) is 4.21. The second-order valence-corrected chi connectivity index (χ2v) is 4.21. The van der Waals surface area contributed by atoms with E-state index < -0.39 is 0 Å². The predicted molar refractivity (Wildman–Crippen MR) is 64.0 cm³/mol. The molecule has 1 aromatic carbocycles. The summed E-state index contributed by atoms with van der Waals surface area (Å²) in [5.74, 6) is 0.578. The maximum absolute atomic E-state index is 6.03. The van der Waals surface area contributed by atoms with Crippen molar-refractivity contribution in [2.24, 2.45) is 5.73 Å². The van der Waals surface area contributed by atoms with Crippen molar-refractivity contribution in [1.82, 2.24) is 0 Å². The van der Waals surface area contributed by atoms with Gasteiger partial charge in [0.15, 0.2) is 0 Å². The molecule has 2 N–H and O–H groups in total. The Morgan fingerprint density at radius 1 is 1.13 bits per heavy atom. The lowest BCUT2D eigenvalue weighted by Crippen LogP contribution is -2.12. The van der Waals surface area contributed by atoms with Gasteiger partial charge in [0.2, 0.25) is 0 Å². The minimum Gasteiger partial charge on any atom is -0.385 e. The molecule has 15 heavy (non-hydrogen) atoms. The number of benzene rings is 1. The highest BCUT2D eigenvalue weighted by Crippen LogP contribution is 2.19. The molecule has 0 spiro atoms. The molecule has 0 aliphatic heterocycles. The molecule has 0 aromatic heterocycles. The molecular formula is C13H21NO. The van der Waals surface area contributed by atoms with Gasteiger partial charge in [-0.1, -0.05) is 38.1 Å². The number of nitrogens with two attached hydrogens (primary N) is 1. The summed E-state index contributed by atoms with van der Waals surface area (Å²) in [6.45, 7) is 5.10. The zero-order valence-electron chi connectivity index (χ0n) is 9.86. The standard InChI is InChI=1S/C13H21NO/c1-10(2)11-4-6-12(7-5-11)13(14)8-9-15-3/h4-7,10,13H,8-9,14H2,1-3H3. The lowest BCUT2D eigenvalue weighted by molar-refractivity contribution is 0.188. The van der Waals surface area contributed by atoms with E-state index in [0.717, 1.165) is 6.42 Å². The van der Waals surface area contributed by atoms with Crippen LogP contribution >= 0.6 is 0 Å². The highest BCUT2D eigenvalue weighted by atomic mass is 16.5. The average molecular weight is 207 g/mol. The van der Waals surface area contributed by atoms with Gasteiger partial charge in [-0.3, -0.25) is 0 Å². The Hall–Kier alpha value is -0.860.